The molecule has 254 valence electrons. The summed E-state index contributed by atoms with van der Waals surface area (Å²) in [6, 6.07) is 24.1. The third-order valence-electron chi connectivity index (χ3n) is 9.95. The number of unbranched alkanes of at least 4 members (excludes halogenated alkanes) is 14. The largest absolute Gasteiger partial charge is 0.354 e. The quantitative estimate of drug-likeness (QED) is 0.0654. The van der Waals surface area contributed by atoms with Crippen molar-refractivity contribution in [2.75, 3.05) is 0 Å². The first-order valence-electron chi connectivity index (χ1n) is 19.0. The van der Waals surface area contributed by atoms with E-state index in [1.807, 2.05) is 12.1 Å². The van der Waals surface area contributed by atoms with E-state index < -0.39 is 0 Å². The average Bonchev–Trinajstić information content (AvgIpc) is 3.10. The fourth-order valence-electron chi connectivity index (χ4n) is 6.93. The van der Waals surface area contributed by atoms with Gasteiger partial charge in [0.1, 0.15) is 0 Å². The Hall–Kier alpha value is -3.92. The molecule has 0 amide bonds. The molecular weight excluding hydrogens is 588 g/mol. The predicted molar refractivity (Wildman–Crippen MR) is 206 cm³/mol. The van der Waals surface area contributed by atoms with Gasteiger partial charge in [0.05, 0.1) is 11.0 Å². The van der Waals surface area contributed by atoms with E-state index in [1.165, 1.54) is 114 Å². The van der Waals surface area contributed by atoms with E-state index in [0.717, 1.165) is 35.4 Å². The number of benzene rings is 3. The molecule has 4 nitrogen and oxygen atoms in total. The molecule has 2 aromatic heterocycles. The van der Waals surface area contributed by atoms with Crippen LogP contribution in [0.1, 0.15) is 128 Å². The minimum absolute atomic E-state index is 0.0553. The number of rotatable bonds is 20. The van der Waals surface area contributed by atoms with Crippen LogP contribution >= 0.6 is 0 Å². The van der Waals surface area contributed by atoms with Crippen molar-refractivity contribution in [2.45, 2.75) is 129 Å². The maximum Gasteiger partial charge on any atom is 0.190 e. The van der Waals surface area contributed by atoms with E-state index >= 15 is 0 Å². The zero-order chi connectivity index (χ0) is 33.6. The van der Waals surface area contributed by atoms with Gasteiger partial charge in [-0.05, 0) is 60.1 Å². The molecule has 0 unspecified atom stereocenters. The van der Waals surface area contributed by atoms with Gasteiger partial charge in [0.15, 0.2) is 10.9 Å². The second-order valence-corrected chi connectivity index (χ2v) is 13.9. The summed E-state index contributed by atoms with van der Waals surface area (Å²) in [6.45, 7) is 4.53. The molecule has 5 rings (SSSR count). The van der Waals surface area contributed by atoms with Crippen LogP contribution in [-0.2, 0) is 12.8 Å². The lowest BCUT2D eigenvalue weighted by molar-refractivity contribution is 0.575. The van der Waals surface area contributed by atoms with Crippen LogP contribution in [-0.4, -0.2) is 9.97 Å². The van der Waals surface area contributed by atoms with Gasteiger partial charge < -0.3 is 9.97 Å². The number of aryl methyl sites for hydroxylation is 2. The van der Waals surface area contributed by atoms with Crippen molar-refractivity contribution < 1.29 is 0 Å². The zero-order valence-electron chi connectivity index (χ0n) is 29.5. The highest BCUT2D eigenvalue weighted by Crippen LogP contribution is 2.25. The Balaban J connectivity index is 1.21. The fraction of sp³-hybridized carbons (Fsp3) is 0.455. The molecule has 0 aliphatic rings. The number of aromatic amines is 2. The summed E-state index contributed by atoms with van der Waals surface area (Å²) in [6.07, 6.45) is 23.3. The zero-order valence-corrected chi connectivity index (χ0v) is 29.5. The third-order valence-corrected chi connectivity index (χ3v) is 9.95. The van der Waals surface area contributed by atoms with Gasteiger partial charge in [-0.2, -0.15) is 0 Å². The maximum absolute atomic E-state index is 13.3. The monoisotopic (exact) mass is 644 g/mol. The molecule has 0 spiro atoms. The number of fused-ring (bicyclic) bond motifs is 2. The van der Waals surface area contributed by atoms with Gasteiger partial charge in [0.2, 0.25) is 0 Å². The lowest BCUT2D eigenvalue weighted by Gasteiger charge is -2.09. The number of hydrogen-bond donors (Lipinski definition) is 2. The SMILES string of the molecule is CCCCCCCCCCc1ccc(-c2cc(=O)c3cc4[nH]c(-c5ccc(CCCCCCCCCC)cc5)cc(=O)c4cc3[nH]2)cc1. The Kier molecular flexibility index (Phi) is 13.7. The average molecular weight is 645 g/mol. The molecular formula is C44H56N2O2. The summed E-state index contributed by atoms with van der Waals surface area (Å²) < 4.78 is 0. The van der Waals surface area contributed by atoms with Crippen LogP contribution in [0.2, 0.25) is 0 Å². The molecule has 3 aromatic carbocycles. The van der Waals surface area contributed by atoms with Crippen LogP contribution in [0.4, 0.5) is 0 Å². The summed E-state index contributed by atoms with van der Waals surface area (Å²) in [4.78, 5) is 33.5. The van der Waals surface area contributed by atoms with Crippen molar-refractivity contribution >= 4 is 21.8 Å². The van der Waals surface area contributed by atoms with Gasteiger partial charge in [0.25, 0.3) is 0 Å². The van der Waals surface area contributed by atoms with Crippen LogP contribution in [0.15, 0.2) is 82.4 Å². The fourth-order valence-corrected chi connectivity index (χ4v) is 6.93. The molecule has 2 heterocycles. The molecule has 0 saturated heterocycles. The van der Waals surface area contributed by atoms with Crippen LogP contribution in [0.25, 0.3) is 44.3 Å². The van der Waals surface area contributed by atoms with Crippen molar-refractivity contribution in [1.29, 1.82) is 0 Å². The standard InChI is InChI=1S/C44H56N2O2/c1-3-5-7-9-11-13-15-17-19-33-21-25-35(26-22-33)39-31-43(47)37-30-42-38(29-41(37)45-39)44(48)32-40(46-42)36-27-23-34(24-28-36)20-18-16-14-12-10-8-6-4-2/h21-32H,3-20H2,1-2H3,(H,45,47)(H,46,48). The first-order chi connectivity index (χ1) is 23.6. The number of hydrogen-bond acceptors (Lipinski definition) is 2. The Morgan fingerprint density at radius 3 is 1.10 bits per heavy atom. The summed E-state index contributed by atoms with van der Waals surface area (Å²) in [5.41, 5.74) is 7.40. The Morgan fingerprint density at radius 2 is 0.750 bits per heavy atom. The Labute approximate surface area is 287 Å². The lowest BCUT2D eigenvalue weighted by Crippen LogP contribution is -2.07. The van der Waals surface area contributed by atoms with Crippen molar-refractivity contribution in [3.63, 3.8) is 0 Å². The highest BCUT2D eigenvalue weighted by atomic mass is 16.1. The van der Waals surface area contributed by atoms with Gasteiger partial charge >= 0.3 is 0 Å². The summed E-state index contributed by atoms with van der Waals surface area (Å²) in [7, 11) is 0. The van der Waals surface area contributed by atoms with Gasteiger partial charge in [-0.3, -0.25) is 9.59 Å². The summed E-state index contributed by atoms with van der Waals surface area (Å²) in [5.74, 6) is 0. The molecule has 0 saturated carbocycles. The second-order valence-electron chi connectivity index (χ2n) is 13.9. The van der Waals surface area contributed by atoms with E-state index in [2.05, 4.69) is 72.3 Å². The normalized spacial score (nSPS) is 11.5. The van der Waals surface area contributed by atoms with Crippen LogP contribution in [0, 0.1) is 0 Å². The molecule has 0 aliphatic heterocycles. The molecule has 2 N–H and O–H groups in total. The van der Waals surface area contributed by atoms with Crippen molar-refractivity contribution in [3.05, 3.63) is 104 Å². The Bertz CT molecular complexity index is 1690. The van der Waals surface area contributed by atoms with E-state index in [9.17, 15) is 9.59 Å². The molecule has 0 aliphatic carbocycles. The topological polar surface area (TPSA) is 65.7 Å². The van der Waals surface area contributed by atoms with Crippen LogP contribution < -0.4 is 10.9 Å². The van der Waals surface area contributed by atoms with E-state index in [0.29, 0.717) is 21.8 Å². The Morgan fingerprint density at radius 1 is 0.417 bits per heavy atom. The molecule has 4 heteroatoms. The van der Waals surface area contributed by atoms with Crippen molar-refractivity contribution in [3.8, 4) is 22.5 Å². The number of pyridine rings is 2. The first-order valence-corrected chi connectivity index (χ1v) is 19.0. The minimum Gasteiger partial charge on any atom is -0.354 e. The predicted octanol–water partition coefficient (Wildman–Crippen LogP) is 12.1. The number of nitrogens with one attached hydrogen (secondary N) is 2. The maximum atomic E-state index is 13.3. The molecule has 5 aromatic rings. The summed E-state index contributed by atoms with van der Waals surface area (Å²) in [5, 5.41) is 1.15. The third kappa shape index (κ3) is 10.0. The minimum atomic E-state index is -0.0553. The lowest BCUT2D eigenvalue weighted by atomic mass is 10.0. The molecule has 0 bridgehead atoms. The molecule has 0 radical (unpaired) electrons. The van der Waals surface area contributed by atoms with Crippen LogP contribution in [0.5, 0.6) is 0 Å². The second kappa shape index (κ2) is 18.6. The van der Waals surface area contributed by atoms with Gasteiger partial charge in [-0.15, -0.1) is 0 Å². The van der Waals surface area contributed by atoms with Crippen molar-refractivity contribution in [1.82, 2.24) is 9.97 Å². The molecule has 0 atom stereocenters. The van der Waals surface area contributed by atoms with Crippen LogP contribution in [0.3, 0.4) is 0 Å². The summed E-state index contributed by atoms with van der Waals surface area (Å²) >= 11 is 0. The number of H-pyrrole nitrogens is 2. The van der Waals surface area contributed by atoms with Gasteiger partial charge in [0, 0.05) is 34.3 Å². The van der Waals surface area contributed by atoms with E-state index in [-0.39, 0.29) is 10.9 Å². The molecule has 0 fully saturated rings. The van der Waals surface area contributed by atoms with Gasteiger partial charge in [-0.1, -0.05) is 152 Å². The van der Waals surface area contributed by atoms with E-state index in [1.54, 1.807) is 12.1 Å². The highest BCUT2D eigenvalue weighted by molar-refractivity contribution is 5.96. The highest BCUT2D eigenvalue weighted by Gasteiger charge is 2.11. The smallest absolute Gasteiger partial charge is 0.190 e. The van der Waals surface area contributed by atoms with Crippen molar-refractivity contribution in [2.24, 2.45) is 0 Å². The van der Waals surface area contributed by atoms with Gasteiger partial charge in [-0.25, -0.2) is 0 Å². The van der Waals surface area contributed by atoms with E-state index in [4.69, 9.17) is 0 Å². The molecule has 48 heavy (non-hydrogen) atoms. The number of aromatic nitrogens is 2. The first kappa shape index (κ1) is 35.4.